The van der Waals surface area contributed by atoms with Crippen molar-refractivity contribution in [1.29, 1.82) is 0 Å². The number of aromatic nitrogens is 3. The van der Waals surface area contributed by atoms with Crippen molar-refractivity contribution in [3.05, 3.63) is 27.7 Å². The molecule has 4 rings (SSSR count). The Kier molecular flexibility index (Phi) is 4.78. The van der Waals surface area contributed by atoms with Crippen molar-refractivity contribution in [3.8, 4) is 0 Å². The molecule has 30 heavy (non-hydrogen) atoms. The third-order valence-electron chi connectivity index (χ3n) is 6.27. The van der Waals surface area contributed by atoms with E-state index in [1.165, 1.54) is 0 Å². The number of anilines is 1. The number of aromatic amines is 1. The average molecular weight is 414 g/mol. The van der Waals surface area contributed by atoms with E-state index in [1.54, 1.807) is 11.1 Å². The van der Waals surface area contributed by atoms with Gasteiger partial charge in [-0.15, -0.1) is 0 Å². The van der Waals surface area contributed by atoms with Crippen molar-refractivity contribution >= 4 is 23.1 Å². The monoisotopic (exact) mass is 413 g/mol. The summed E-state index contributed by atoms with van der Waals surface area (Å²) in [5, 5.41) is 0. The number of fused-ring (bicyclic) bond motifs is 3. The molecular weight excluding hydrogens is 382 g/mol. The van der Waals surface area contributed by atoms with E-state index >= 15 is 0 Å². The van der Waals surface area contributed by atoms with Crippen molar-refractivity contribution in [2.75, 3.05) is 32.1 Å². The Balaban J connectivity index is 1.69. The molecule has 0 saturated carbocycles. The highest BCUT2D eigenvalue weighted by atomic mass is 16.6. The molecule has 0 bridgehead atoms. The molecule has 1 spiro atoms. The number of nitrogens with one attached hydrogen (secondary N) is 1. The first-order chi connectivity index (χ1) is 14.0. The molecule has 1 saturated heterocycles. The second-order valence-corrected chi connectivity index (χ2v) is 9.92. The summed E-state index contributed by atoms with van der Waals surface area (Å²) in [5.41, 5.74) is 1.99. The molecule has 0 aromatic carbocycles. The smallest absolute Gasteiger partial charge is 0.410 e. The van der Waals surface area contributed by atoms with Gasteiger partial charge in [-0.2, -0.15) is 0 Å². The summed E-state index contributed by atoms with van der Waals surface area (Å²) in [6.45, 7) is 8.94. The van der Waals surface area contributed by atoms with E-state index in [0.717, 1.165) is 30.5 Å². The van der Waals surface area contributed by atoms with E-state index in [1.807, 2.05) is 39.8 Å². The fourth-order valence-electron chi connectivity index (χ4n) is 4.86. The van der Waals surface area contributed by atoms with Gasteiger partial charge in [-0.25, -0.2) is 14.8 Å². The van der Waals surface area contributed by atoms with Crippen LogP contribution >= 0.6 is 0 Å². The van der Waals surface area contributed by atoms with E-state index in [-0.39, 0.29) is 22.9 Å². The SMILES string of the molecule is CC1CC2(CCN(C(=O)OC(C)(C)C)CC2)c2c1[nH]c1ncc(N(C)C)nc1c2=O. The largest absolute Gasteiger partial charge is 0.444 e. The van der Waals surface area contributed by atoms with E-state index in [0.29, 0.717) is 30.1 Å². The Morgan fingerprint density at radius 1 is 1.30 bits per heavy atom. The summed E-state index contributed by atoms with van der Waals surface area (Å²) in [5.74, 6) is 0.897. The lowest BCUT2D eigenvalue weighted by Gasteiger charge is -2.40. The lowest BCUT2D eigenvalue weighted by atomic mass is 9.73. The maximum atomic E-state index is 13.6. The Hall–Kier alpha value is -2.64. The van der Waals surface area contributed by atoms with Gasteiger partial charge in [0, 0.05) is 43.9 Å². The average Bonchev–Trinajstić information content (AvgIpc) is 2.92. The fourth-order valence-corrected chi connectivity index (χ4v) is 4.86. The minimum Gasteiger partial charge on any atom is -0.444 e. The molecule has 1 aliphatic carbocycles. The predicted octanol–water partition coefficient (Wildman–Crippen LogP) is 3.16. The molecule has 2 aliphatic rings. The van der Waals surface area contributed by atoms with Gasteiger partial charge in [0.05, 0.1) is 6.20 Å². The number of amides is 1. The molecule has 1 fully saturated rings. The van der Waals surface area contributed by atoms with Crippen LogP contribution in [-0.2, 0) is 10.2 Å². The van der Waals surface area contributed by atoms with Crippen LogP contribution in [0.1, 0.15) is 64.1 Å². The third-order valence-corrected chi connectivity index (χ3v) is 6.27. The third kappa shape index (κ3) is 3.42. The van der Waals surface area contributed by atoms with Crippen molar-refractivity contribution in [3.63, 3.8) is 0 Å². The first-order valence-corrected chi connectivity index (χ1v) is 10.6. The Bertz CT molecular complexity index is 1050. The Morgan fingerprint density at radius 2 is 1.97 bits per heavy atom. The van der Waals surface area contributed by atoms with Crippen molar-refractivity contribution in [1.82, 2.24) is 19.9 Å². The summed E-state index contributed by atoms with van der Waals surface area (Å²) in [7, 11) is 3.76. The topological polar surface area (TPSA) is 91.4 Å². The summed E-state index contributed by atoms with van der Waals surface area (Å²) >= 11 is 0. The highest BCUT2D eigenvalue weighted by Gasteiger charge is 2.47. The number of piperidine rings is 1. The number of pyridine rings is 1. The van der Waals surface area contributed by atoms with Gasteiger partial charge in [-0.3, -0.25) is 4.79 Å². The van der Waals surface area contributed by atoms with Crippen molar-refractivity contribution in [2.45, 2.75) is 63.9 Å². The molecule has 2 aromatic heterocycles. The standard InChI is InChI=1S/C22H31N5O3/c1-13-11-22(7-9-27(10-8-22)20(29)30-21(2,3)4)15-16(13)25-19-17(18(15)28)24-14(12-23-19)26(5)6/h12-13H,7-11H2,1-6H3,(H,23,25,28). The predicted molar refractivity (Wildman–Crippen MR) is 116 cm³/mol. The number of H-pyrrole nitrogens is 1. The highest BCUT2D eigenvalue weighted by molar-refractivity contribution is 5.74. The minimum atomic E-state index is -0.514. The second-order valence-electron chi connectivity index (χ2n) is 9.92. The molecule has 1 N–H and O–H groups in total. The molecule has 1 unspecified atom stereocenters. The minimum absolute atomic E-state index is 0.0231. The zero-order chi connectivity index (χ0) is 21.8. The molecule has 0 radical (unpaired) electrons. The number of nitrogens with zero attached hydrogens (tertiary/aromatic N) is 4. The van der Waals surface area contributed by atoms with Crippen LogP contribution in [-0.4, -0.2) is 58.7 Å². The number of carbonyl (C=O) groups is 1. The van der Waals surface area contributed by atoms with E-state index in [9.17, 15) is 9.59 Å². The highest BCUT2D eigenvalue weighted by Crippen LogP contribution is 2.49. The van der Waals surface area contributed by atoms with Crippen LogP contribution in [0.5, 0.6) is 0 Å². The zero-order valence-corrected chi connectivity index (χ0v) is 18.7. The Labute approximate surface area is 176 Å². The van der Waals surface area contributed by atoms with Crippen LogP contribution in [0.3, 0.4) is 0 Å². The first-order valence-electron chi connectivity index (χ1n) is 10.6. The van der Waals surface area contributed by atoms with Gasteiger partial charge in [0.15, 0.2) is 11.2 Å². The van der Waals surface area contributed by atoms with Crippen LogP contribution in [0.15, 0.2) is 11.0 Å². The molecule has 2 aromatic rings. The van der Waals surface area contributed by atoms with Gasteiger partial charge in [-0.1, -0.05) is 6.92 Å². The van der Waals surface area contributed by atoms with Gasteiger partial charge in [0.2, 0.25) is 5.43 Å². The molecule has 162 valence electrons. The normalized spacial score (nSPS) is 20.5. The molecular formula is C22H31N5O3. The van der Waals surface area contributed by atoms with E-state index < -0.39 is 5.60 Å². The number of hydrogen-bond acceptors (Lipinski definition) is 6. The Morgan fingerprint density at radius 3 is 2.57 bits per heavy atom. The van der Waals surface area contributed by atoms with Gasteiger partial charge >= 0.3 is 6.09 Å². The molecule has 1 atom stereocenters. The van der Waals surface area contributed by atoms with Crippen molar-refractivity contribution < 1.29 is 9.53 Å². The quantitative estimate of drug-likeness (QED) is 0.772. The number of carbonyl (C=O) groups excluding carboxylic acids is 1. The summed E-state index contributed by atoms with van der Waals surface area (Å²) in [4.78, 5) is 42.1. The molecule has 8 heteroatoms. The second kappa shape index (κ2) is 6.96. The number of likely N-dealkylation sites (tertiary alicyclic amines) is 1. The fraction of sp³-hybridized carbons (Fsp3) is 0.636. The van der Waals surface area contributed by atoms with E-state index in [4.69, 9.17) is 4.74 Å². The van der Waals surface area contributed by atoms with E-state index in [2.05, 4.69) is 21.9 Å². The first kappa shape index (κ1) is 20.6. The molecule has 8 nitrogen and oxygen atoms in total. The number of rotatable bonds is 1. The zero-order valence-electron chi connectivity index (χ0n) is 18.7. The van der Waals surface area contributed by atoms with Gasteiger partial charge in [-0.05, 0) is 46.0 Å². The maximum Gasteiger partial charge on any atom is 0.410 e. The number of ether oxygens (including phenoxy) is 1. The van der Waals surface area contributed by atoms with Crippen molar-refractivity contribution in [2.24, 2.45) is 0 Å². The van der Waals surface area contributed by atoms with Crippen LogP contribution in [0, 0.1) is 0 Å². The lowest BCUT2D eigenvalue weighted by molar-refractivity contribution is 0.0162. The summed E-state index contributed by atoms with van der Waals surface area (Å²) in [6, 6.07) is 0. The number of hydrogen-bond donors (Lipinski definition) is 1. The summed E-state index contributed by atoms with van der Waals surface area (Å²) < 4.78 is 5.53. The van der Waals surface area contributed by atoms with Gasteiger partial charge in [0.1, 0.15) is 11.4 Å². The maximum absolute atomic E-state index is 13.6. The van der Waals surface area contributed by atoms with Crippen LogP contribution in [0.4, 0.5) is 10.6 Å². The molecule has 1 aliphatic heterocycles. The molecule has 1 amide bonds. The van der Waals surface area contributed by atoms with Crippen LogP contribution in [0.25, 0.3) is 11.2 Å². The van der Waals surface area contributed by atoms with Gasteiger partial charge < -0.3 is 19.5 Å². The van der Waals surface area contributed by atoms with Crippen LogP contribution < -0.4 is 10.3 Å². The van der Waals surface area contributed by atoms with Gasteiger partial charge in [0.25, 0.3) is 0 Å². The van der Waals surface area contributed by atoms with Crippen LogP contribution in [0.2, 0.25) is 0 Å². The molecule has 3 heterocycles. The lowest BCUT2D eigenvalue weighted by Crippen LogP contribution is -2.47. The summed E-state index contributed by atoms with van der Waals surface area (Å²) in [6.07, 6.45) is 3.79.